The first-order valence-electron chi connectivity index (χ1n) is 11.7. The van der Waals surface area contributed by atoms with Gasteiger partial charge < -0.3 is 0 Å². The fraction of sp³-hybridized carbons (Fsp3) is 0.536. The normalized spacial score (nSPS) is 13.0. The maximum atomic E-state index is 15.3. The van der Waals surface area contributed by atoms with E-state index >= 15 is 4.39 Å². The minimum Gasteiger partial charge on any atom is -0.233 e. The molecule has 0 saturated carbocycles. The Morgan fingerprint density at radius 2 is 1.30 bits per heavy atom. The van der Waals surface area contributed by atoms with E-state index in [1.165, 1.54) is 5.69 Å². The van der Waals surface area contributed by atoms with Gasteiger partial charge in [0.25, 0.3) is 0 Å². The highest BCUT2D eigenvalue weighted by atomic mass is 19.1. The highest BCUT2D eigenvalue weighted by Crippen LogP contribution is 2.34. The van der Waals surface area contributed by atoms with Gasteiger partial charge in [0, 0.05) is 27.9 Å². The van der Waals surface area contributed by atoms with E-state index in [0.29, 0.717) is 17.0 Å². The lowest BCUT2D eigenvalue weighted by Crippen LogP contribution is -2.41. The van der Waals surface area contributed by atoms with Crippen molar-refractivity contribution in [2.24, 2.45) is 14.1 Å². The van der Waals surface area contributed by atoms with Crippen molar-refractivity contribution >= 4 is 0 Å². The molecule has 0 spiro atoms. The van der Waals surface area contributed by atoms with Crippen molar-refractivity contribution in [2.75, 3.05) is 0 Å². The molecule has 0 aliphatic rings. The molecule has 0 fully saturated rings. The largest absolute Gasteiger partial charge is 0.238 e. The molecule has 0 saturated heterocycles. The van der Waals surface area contributed by atoms with Gasteiger partial charge in [-0.15, -0.1) is 4.68 Å². The Morgan fingerprint density at radius 1 is 0.788 bits per heavy atom. The molecule has 0 aliphatic heterocycles. The Labute approximate surface area is 198 Å². The second kappa shape index (κ2) is 8.03. The lowest BCUT2D eigenvalue weighted by Gasteiger charge is -2.24. The van der Waals surface area contributed by atoms with Crippen molar-refractivity contribution < 1.29 is 9.07 Å². The molecular formula is C28H40FN4+. The van der Waals surface area contributed by atoms with Crippen LogP contribution in [0.1, 0.15) is 85.0 Å². The van der Waals surface area contributed by atoms with Crippen LogP contribution in [0.5, 0.6) is 0 Å². The Hall–Kier alpha value is -2.56. The fourth-order valence-electron chi connectivity index (χ4n) is 4.01. The summed E-state index contributed by atoms with van der Waals surface area (Å²) in [6, 6.07) is 7.86. The number of benzene rings is 1. The topological polar surface area (TPSA) is 34.6 Å². The van der Waals surface area contributed by atoms with Crippen LogP contribution < -0.4 is 4.68 Å². The number of halogens is 1. The minimum atomic E-state index is -0.245. The van der Waals surface area contributed by atoms with E-state index in [1.54, 1.807) is 6.07 Å². The summed E-state index contributed by atoms with van der Waals surface area (Å²) in [5.41, 5.74) is 5.96. The average molecular weight is 452 g/mol. The summed E-state index contributed by atoms with van der Waals surface area (Å²) in [6.45, 7) is 21.3. The van der Waals surface area contributed by atoms with Crippen molar-refractivity contribution in [3.8, 4) is 22.6 Å². The Balaban J connectivity index is 2.29. The molecule has 0 aliphatic carbocycles. The molecule has 0 N–H and O–H groups in total. The fourth-order valence-corrected chi connectivity index (χ4v) is 4.01. The third-order valence-corrected chi connectivity index (χ3v) is 6.33. The summed E-state index contributed by atoms with van der Waals surface area (Å²) in [6.07, 6.45) is 0. The summed E-state index contributed by atoms with van der Waals surface area (Å²) >= 11 is 0. The lowest BCUT2D eigenvalue weighted by atomic mass is 9.86. The zero-order valence-electron chi connectivity index (χ0n) is 22.5. The molecule has 3 aromatic rings. The van der Waals surface area contributed by atoms with Crippen molar-refractivity contribution in [2.45, 2.75) is 85.5 Å². The Morgan fingerprint density at radius 3 is 1.73 bits per heavy atom. The number of rotatable bonds is 2. The highest BCUT2D eigenvalue weighted by Gasteiger charge is 2.29. The van der Waals surface area contributed by atoms with Gasteiger partial charge in [-0.25, -0.2) is 14.4 Å². The number of hydrogen-bond donors (Lipinski definition) is 0. The van der Waals surface area contributed by atoms with Gasteiger partial charge in [-0.2, -0.15) is 4.68 Å². The first-order chi connectivity index (χ1) is 14.9. The van der Waals surface area contributed by atoms with E-state index < -0.39 is 0 Å². The van der Waals surface area contributed by atoms with Gasteiger partial charge in [0.15, 0.2) is 12.9 Å². The maximum Gasteiger partial charge on any atom is 0.238 e. The second-order valence-electron chi connectivity index (χ2n) is 12.3. The molecule has 0 amide bonds. The number of aromatic nitrogens is 4. The molecule has 0 unspecified atom stereocenters. The number of hydrogen-bond acceptors (Lipinski definition) is 2. The van der Waals surface area contributed by atoms with Gasteiger partial charge in [0.1, 0.15) is 5.82 Å². The quantitative estimate of drug-likeness (QED) is 0.428. The molecule has 3 rings (SSSR count). The lowest BCUT2D eigenvalue weighted by molar-refractivity contribution is -0.742. The first kappa shape index (κ1) is 25.1. The summed E-state index contributed by atoms with van der Waals surface area (Å²) in [5, 5.41) is 0. The zero-order valence-corrected chi connectivity index (χ0v) is 22.5. The molecule has 2 heterocycles. The SMILES string of the molecule is Cc1c(F)cc(-c2nc(C(C)(C)C)cc(C(C)(C)C)n2)cc1-c1cc(C(C)(C)C)n(C)[n+]1C. The molecule has 2 aromatic heterocycles. The van der Waals surface area contributed by atoms with Crippen LogP contribution in [0.3, 0.4) is 0 Å². The van der Waals surface area contributed by atoms with Crippen LogP contribution in [-0.4, -0.2) is 14.6 Å². The van der Waals surface area contributed by atoms with E-state index in [1.807, 2.05) is 27.1 Å². The Kier molecular flexibility index (Phi) is 6.10. The van der Waals surface area contributed by atoms with Gasteiger partial charge in [-0.05, 0) is 30.7 Å². The monoisotopic (exact) mass is 451 g/mol. The second-order valence-corrected chi connectivity index (χ2v) is 12.3. The van der Waals surface area contributed by atoms with Gasteiger partial charge in [0.2, 0.25) is 5.69 Å². The van der Waals surface area contributed by atoms with Gasteiger partial charge >= 0.3 is 0 Å². The smallest absolute Gasteiger partial charge is 0.233 e. The van der Waals surface area contributed by atoms with Crippen LogP contribution >= 0.6 is 0 Å². The van der Waals surface area contributed by atoms with Crippen molar-refractivity contribution in [3.05, 3.63) is 52.7 Å². The molecule has 33 heavy (non-hydrogen) atoms. The van der Waals surface area contributed by atoms with E-state index in [4.69, 9.17) is 9.97 Å². The molecule has 0 atom stereocenters. The minimum absolute atomic E-state index is 0.0272. The van der Waals surface area contributed by atoms with Gasteiger partial charge in [0.05, 0.1) is 29.7 Å². The van der Waals surface area contributed by atoms with Gasteiger partial charge in [-0.1, -0.05) is 62.3 Å². The molecule has 4 nitrogen and oxygen atoms in total. The molecule has 0 bridgehead atoms. The van der Waals surface area contributed by atoms with Gasteiger partial charge in [-0.3, -0.25) is 0 Å². The van der Waals surface area contributed by atoms with Crippen molar-refractivity contribution in [1.29, 1.82) is 0 Å². The van der Waals surface area contributed by atoms with Crippen molar-refractivity contribution in [1.82, 2.24) is 14.6 Å². The maximum absolute atomic E-state index is 15.3. The van der Waals surface area contributed by atoms with Crippen LogP contribution in [0.25, 0.3) is 22.6 Å². The van der Waals surface area contributed by atoms with Crippen LogP contribution in [0.4, 0.5) is 4.39 Å². The molecule has 1 aromatic carbocycles. The van der Waals surface area contributed by atoms with E-state index in [2.05, 4.69) is 83.8 Å². The van der Waals surface area contributed by atoms with E-state index in [9.17, 15) is 0 Å². The molecular weight excluding hydrogens is 411 g/mol. The van der Waals surface area contributed by atoms with Crippen LogP contribution in [0.15, 0.2) is 24.3 Å². The number of nitrogens with zero attached hydrogens (tertiary/aromatic N) is 4. The van der Waals surface area contributed by atoms with Crippen LogP contribution in [0.2, 0.25) is 0 Å². The van der Waals surface area contributed by atoms with Crippen LogP contribution in [-0.2, 0) is 30.3 Å². The van der Waals surface area contributed by atoms with Crippen LogP contribution in [0, 0.1) is 12.7 Å². The summed E-state index contributed by atoms with van der Waals surface area (Å²) in [7, 11) is 4.06. The van der Waals surface area contributed by atoms with Crippen molar-refractivity contribution in [3.63, 3.8) is 0 Å². The van der Waals surface area contributed by atoms with E-state index in [-0.39, 0.29) is 22.1 Å². The Bertz CT molecular complexity index is 1170. The molecule has 5 heteroatoms. The predicted molar refractivity (Wildman–Crippen MR) is 134 cm³/mol. The first-order valence-corrected chi connectivity index (χ1v) is 11.7. The average Bonchev–Trinajstić information content (AvgIpc) is 2.97. The standard InChI is InChI=1S/C28H40FN4/c1-17-19(21-15-24(28(8,9)10)33(12)32(21)11)13-18(14-20(17)29)25-30-22(26(2,3)4)16-23(31-25)27(5,6)7/h13-16H,1-12H3/q+1. The molecule has 178 valence electrons. The predicted octanol–water partition coefficient (Wildman–Crippen LogP) is 6.31. The third-order valence-electron chi connectivity index (χ3n) is 6.33. The molecule has 0 radical (unpaired) electrons. The zero-order chi connectivity index (χ0) is 25.1. The summed E-state index contributed by atoms with van der Waals surface area (Å²) in [4.78, 5) is 9.78. The highest BCUT2D eigenvalue weighted by molar-refractivity contribution is 5.70. The van der Waals surface area contributed by atoms with E-state index in [0.717, 1.165) is 22.6 Å². The summed E-state index contributed by atoms with van der Waals surface area (Å²) < 4.78 is 19.5. The third kappa shape index (κ3) is 4.87. The summed E-state index contributed by atoms with van der Waals surface area (Å²) in [5.74, 6) is 0.327.